The summed E-state index contributed by atoms with van der Waals surface area (Å²) in [5, 5.41) is 3.48. The highest BCUT2D eigenvalue weighted by molar-refractivity contribution is 5.33. The Morgan fingerprint density at radius 2 is 1.63 bits per heavy atom. The second-order valence-electron chi connectivity index (χ2n) is 5.49. The molecule has 3 rings (SSSR count). The Labute approximate surface area is 114 Å². The predicted molar refractivity (Wildman–Crippen MR) is 78.9 cm³/mol. The van der Waals surface area contributed by atoms with Gasteiger partial charge in [-0.25, -0.2) is 0 Å². The summed E-state index contributed by atoms with van der Waals surface area (Å²) in [5.41, 5.74) is 9.04. The van der Waals surface area contributed by atoms with Gasteiger partial charge in [-0.15, -0.1) is 0 Å². The van der Waals surface area contributed by atoms with Crippen molar-refractivity contribution in [2.24, 2.45) is 5.73 Å². The van der Waals surface area contributed by atoms with Gasteiger partial charge < -0.3 is 11.1 Å². The van der Waals surface area contributed by atoms with Gasteiger partial charge in [-0.2, -0.15) is 0 Å². The largest absolute Gasteiger partial charge is 0.323 e. The zero-order valence-corrected chi connectivity index (χ0v) is 11.0. The van der Waals surface area contributed by atoms with Crippen LogP contribution in [0.3, 0.4) is 0 Å². The van der Waals surface area contributed by atoms with Gasteiger partial charge in [0.15, 0.2) is 0 Å². The third-order valence-electron chi connectivity index (χ3n) is 3.95. The molecule has 0 heterocycles. The number of hydrogen-bond acceptors (Lipinski definition) is 2. The third-order valence-corrected chi connectivity index (χ3v) is 3.95. The third kappa shape index (κ3) is 2.86. The Bertz CT molecular complexity index is 523. The molecule has 3 N–H and O–H groups in total. The minimum atomic E-state index is -0.0594. The van der Waals surface area contributed by atoms with E-state index in [9.17, 15) is 0 Å². The van der Waals surface area contributed by atoms with Gasteiger partial charge in [0, 0.05) is 24.5 Å². The fourth-order valence-electron chi connectivity index (χ4n) is 2.69. The molecule has 0 aromatic heterocycles. The number of hydrogen-bond donors (Lipinski definition) is 2. The maximum Gasteiger partial charge on any atom is 0.0357 e. The van der Waals surface area contributed by atoms with E-state index < -0.39 is 0 Å². The molecule has 0 saturated heterocycles. The number of nitrogens with two attached hydrogens (primary N) is 1. The minimum absolute atomic E-state index is 0.0594. The first-order valence-corrected chi connectivity index (χ1v) is 6.86. The summed E-state index contributed by atoms with van der Waals surface area (Å²) in [5.74, 6) is 0.511. The van der Waals surface area contributed by atoms with Gasteiger partial charge in [-0.3, -0.25) is 0 Å². The lowest BCUT2D eigenvalue weighted by Crippen LogP contribution is -2.37. The molecule has 0 aliphatic heterocycles. The van der Waals surface area contributed by atoms with Crippen LogP contribution in [0, 0.1) is 0 Å². The number of benzene rings is 2. The van der Waals surface area contributed by atoms with Gasteiger partial charge in [0.2, 0.25) is 0 Å². The fraction of sp³-hybridized carbons (Fsp3) is 0.294. The molecule has 2 aromatic carbocycles. The first-order valence-electron chi connectivity index (χ1n) is 6.86. The number of rotatable bonds is 5. The van der Waals surface area contributed by atoms with E-state index in [1.807, 2.05) is 6.07 Å². The van der Waals surface area contributed by atoms with Crippen molar-refractivity contribution in [1.82, 2.24) is 5.32 Å². The molecule has 0 bridgehead atoms. The van der Waals surface area contributed by atoms with Crippen LogP contribution >= 0.6 is 0 Å². The highest BCUT2D eigenvalue weighted by Crippen LogP contribution is 2.48. The van der Waals surface area contributed by atoms with E-state index in [-0.39, 0.29) is 5.54 Å². The second kappa shape index (κ2) is 5.16. The first-order chi connectivity index (χ1) is 9.28. The topological polar surface area (TPSA) is 38.0 Å². The lowest BCUT2D eigenvalue weighted by molar-refractivity contribution is 0.555. The van der Waals surface area contributed by atoms with E-state index in [0.29, 0.717) is 5.92 Å². The Morgan fingerprint density at radius 1 is 1.00 bits per heavy atom. The van der Waals surface area contributed by atoms with Gasteiger partial charge in [0.25, 0.3) is 0 Å². The standard InChI is InChI=1S/C17H20N2/c18-17(11-16(17)15-9-5-2-6-10-15)13-19-12-14-7-3-1-4-8-14/h1-10,16,19H,11-13,18H2/t16-,17-/m0/s1. The van der Waals surface area contributed by atoms with Crippen LogP contribution in [0.15, 0.2) is 60.7 Å². The quantitative estimate of drug-likeness (QED) is 0.858. The first kappa shape index (κ1) is 12.4. The van der Waals surface area contributed by atoms with Crippen molar-refractivity contribution < 1.29 is 0 Å². The molecule has 2 nitrogen and oxygen atoms in total. The monoisotopic (exact) mass is 252 g/mol. The van der Waals surface area contributed by atoms with Gasteiger partial charge in [0.05, 0.1) is 0 Å². The summed E-state index contributed by atoms with van der Waals surface area (Å²) >= 11 is 0. The summed E-state index contributed by atoms with van der Waals surface area (Å²) in [6.45, 7) is 1.77. The fourth-order valence-corrected chi connectivity index (χ4v) is 2.69. The minimum Gasteiger partial charge on any atom is -0.323 e. The normalized spacial score (nSPS) is 25.2. The van der Waals surface area contributed by atoms with Gasteiger partial charge >= 0.3 is 0 Å². The molecule has 19 heavy (non-hydrogen) atoms. The van der Waals surface area contributed by atoms with Crippen molar-refractivity contribution in [1.29, 1.82) is 0 Å². The van der Waals surface area contributed by atoms with Gasteiger partial charge in [-0.1, -0.05) is 60.7 Å². The summed E-state index contributed by atoms with van der Waals surface area (Å²) in [4.78, 5) is 0. The van der Waals surface area contributed by atoms with Crippen molar-refractivity contribution in [2.75, 3.05) is 6.54 Å². The predicted octanol–water partition coefficient (Wildman–Crippen LogP) is 2.66. The molecule has 0 spiro atoms. The number of nitrogens with one attached hydrogen (secondary N) is 1. The van der Waals surface area contributed by atoms with Crippen molar-refractivity contribution in [3.63, 3.8) is 0 Å². The Balaban J connectivity index is 1.52. The van der Waals surface area contributed by atoms with Crippen LogP contribution in [-0.4, -0.2) is 12.1 Å². The smallest absolute Gasteiger partial charge is 0.0357 e. The Morgan fingerprint density at radius 3 is 2.32 bits per heavy atom. The van der Waals surface area contributed by atoms with Crippen LogP contribution in [0.25, 0.3) is 0 Å². The average Bonchev–Trinajstić information content (AvgIpc) is 3.13. The van der Waals surface area contributed by atoms with Crippen molar-refractivity contribution >= 4 is 0 Å². The molecule has 2 aromatic rings. The van der Waals surface area contributed by atoms with Crippen molar-refractivity contribution in [2.45, 2.75) is 24.4 Å². The zero-order chi connectivity index (χ0) is 13.1. The molecule has 2 heteroatoms. The molecule has 0 radical (unpaired) electrons. The summed E-state index contributed by atoms with van der Waals surface area (Å²) in [7, 11) is 0. The molecule has 2 atom stereocenters. The maximum atomic E-state index is 6.42. The van der Waals surface area contributed by atoms with Crippen LogP contribution < -0.4 is 11.1 Å². The van der Waals surface area contributed by atoms with Crippen molar-refractivity contribution in [3.05, 3.63) is 71.8 Å². The Hall–Kier alpha value is -1.64. The van der Waals surface area contributed by atoms with Crippen molar-refractivity contribution in [3.8, 4) is 0 Å². The molecular formula is C17H20N2. The molecule has 1 saturated carbocycles. The maximum absolute atomic E-state index is 6.42. The summed E-state index contributed by atoms with van der Waals surface area (Å²) < 4.78 is 0. The van der Waals surface area contributed by atoms with Crippen LogP contribution in [0.2, 0.25) is 0 Å². The van der Waals surface area contributed by atoms with E-state index in [0.717, 1.165) is 19.5 Å². The van der Waals surface area contributed by atoms with E-state index in [2.05, 4.69) is 59.9 Å². The van der Waals surface area contributed by atoms with E-state index in [1.54, 1.807) is 0 Å². The lowest BCUT2D eigenvalue weighted by Gasteiger charge is -2.13. The molecule has 0 unspecified atom stereocenters. The molecule has 1 aliphatic carbocycles. The Kier molecular flexibility index (Phi) is 3.36. The van der Waals surface area contributed by atoms with E-state index in [1.165, 1.54) is 11.1 Å². The average molecular weight is 252 g/mol. The van der Waals surface area contributed by atoms with Crippen LogP contribution in [0.5, 0.6) is 0 Å². The zero-order valence-electron chi connectivity index (χ0n) is 11.0. The molecule has 1 aliphatic rings. The van der Waals surface area contributed by atoms with Crippen LogP contribution in [-0.2, 0) is 6.54 Å². The van der Waals surface area contributed by atoms with Gasteiger partial charge in [-0.05, 0) is 17.5 Å². The lowest BCUT2D eigenvalue weighted by atomic mass is 10.1. The van der Waals surface area contributed by atoms with Gasteiger partial charge in [0.1, 0.15) is 0 Å². The highest BCUT2D eigenvalue weighted by Gasteiger charge is 2.51. The summed E-state index contributed by atoms with van der Waals surface area (Å²) in [6, 6.07) is 21.0. The van der Waals surface area contributed by atoms with Crippen LogP contribution in [0.4, 0.5) is 0 Å². The second-order valence-corrected chi connectivity index (χ2v) is 5.49. The molecule has 0 amide bonds. The van der Waals surface area contributed by atoms with E-state index >= 15 is 0 Å². The van der Waals surface area contributed by atoms with E-state index in [4.69, 9.17) is 5.73 Å². The molecule has 1 fully saturated rings. The van der Waals surface area contributed by atoms with Crippen LogP contribution in [0.1, 0.15) is 23.5 Å². The SMILES string of the molecule is N[C@]1(CNCc2ccccc2)C[C@H]1c1ccccc1. The molecular weight excluding hydrogens is 232 g/mol. The highest BCUT2D eigenvalue weighted by atomic mass is 15.0. The molecule has 98 valence electrons. The summed E-state index contributed by atoms with van der Waals surface area (Å²) in [6.07, 6.45) is 1.08.